The number of benzene rings is 2. The van der Waals surface area contributed by atoms with Crippen molar-refractivity contribution < 1.29 is 47.2 Å². The molecule has 1 aromatic heterocycles. The van der Waals surface area contributed by atoms with Gasteiger partial charge in [0.15, 0.2) is 11.2 Å². The molecule has 0 radical (unpaired) electrons. The maximum atomic E-state index is 13.2. The smallest absolute Gasteiger partial charge is 0.421 e. The number of allylic oxidation sites excluding steroid dienone is 3. The van der Waals surface area contributed by atoms with Crippen molar-refractivity contribution in [3.8, 4) is 11.5 Å². The van der Waals surface area contributed by atoms with Crippen LogP contribution in [0.25, 0.3) is 11.0 Å². The van der Waals surface area contributed by atoms with E-state index in [-0.39, 0.29) is 34.5 Å². The minimum atomic E-state index is -4.90. The average molecular weight is 746 g/mol. The van der Waals surface area contributed by atoms with E-state index in [1.54, 1.807) is 36.4 Å². The lowest BCUT2D eigenvalue weighted by Gasteiger charge is -2.26. The summed E-state index contributed by atoms with van der Waals surface area (Å²) in [5, 5.41) is 30.0. The first-order chi connectivity index (χ1) is 23.1. The molecule has 2 aromatic carbocycles. The molecular formula is C35H37Cl2F3O8S. The van der Waals surface area contributed by atoms with Gasteiger partial charge in [-0.25, -0.2) is 4.79 Å². The van der Waals surface area contributed by atoms with Gasteiger partial charge in [-0.15, -0.1) is 11.8 Å². The molecule has 8 nitrogen and oxygen atoms in total. The lowest BCUT2D eigenvalue weighted by atomic mass is 10.0. The number of phenols is 1. The number of alkyl halides is 5. The number of ketones is 1. The second-order valence-electron chi connectivity index (χ2n) is 11.2. The van der Waals surface area contributed by atoms with Gasteiger partial charge in [0.2, 0.25) is 10.1 Å². The number of carbonyl (C=O) groups is 2. The molecule has 0 aliphatic heterocycles. The Hall–Kier alpha value is -3.45. The average Bonchev–Trinajstić information content (AvgIpc) is 3.02. The maximum absolute atomic E-state index is 13.2. The van der Waals surface area contributed by atoms with Crippen LogP contribution in [0, 0.1) is 0 Å². The number of hydrogen-bond donors (Lipinski definition) is 3. The molecule has 1 heterocycles. The number of carboxylic acids is 1. The lowest BCUT2D eigenvalue weighted by Crippen LogP contribution is -2.36. The zero-order chi connectivity index (χ0) is 36.4. The minimum absolute atomic E-state index is 0.0000589. The highest BCUT2D eigenvalue weighted by atomic mass is 35.5. The quantitative estimate of drug-likeness (QED) is 0.0383. The van der Waals surface area contributed by atoms with E-state index in [0.29, 0.717) is 42.1 Å². The van der Waals surface area contributed by atoms with E-state index in [1.165, 1.54) is 19.1 Å². The predicted octanol–water partition coefficient (Wildman–Crippen LogP) is 9.05. The SMILES string of the molecule is CCCc1c(OCCCC/C=C\C=C\[C@H](Sc2ccc3c(=O)cc(C(=O)O)oc3c2)[C@H](O)CCC(Cl)(Cl)C(F)(F)F)ccc(C(C)=O)c1O. The maximum Gasteiger partial charge on any atom is 0.421 e. The molecule has 0 aliphatic carbocycles. The molecule has 3 rings (SSSR count). The fourth-order valence-electron chi connectivity index (χ4n) is 4.78. The largest absolute Gasteiger partial charge is 0.507 e. The van der Waals surface area contributed by atoms with Gasteiger partial charge in [-0.3, -0.25) is 9.59 Å². The van der Waals surface area contributed by atoms with E-state index in [2.05, 4.69) is 0 Å². The third-order valence-corrected chi connectivity index (χ3v) is 9.50. The van der Waals surface area contributed by atoms with Crippen LogP contribution in [-0.2, 0) is 6.42 Å². The number of hydrogen-bond acceptors (Lipinski definition) is 8. The first-order valence-corrected chi connectivity index (χ1v) is 17.1. The third kappa shape index (κ3) is 11.3. The van der Waals surface area contributed by atoms with Crippen LogP contribution >= 0.6 is 35.0 Å². The van der Waals surface area contributed by atoms with Crippen LogP contribution in [0.15, 0.2) is 74.8 Å². The first kappa shape index (κ1) is 40.0. The molecule has 0 unspecified atom stereocenters. The van der Waals surface area contributed by atoms with Crippen molar-refractivity contribution in [1.82, 2.24) is 0 Å². The van der Waals surface area contributed by atoms with E-state index < -0.39 is 45.4 Å². The number of aliphatic hydroxyl groups excluding tert-OH is 1. The molecule has 2 atom stereocenters. The summed E-state index contributed by atoms with van der Waals surface area (Å²) < 4.78 is 47.8. The molecule has 0 bridgehead atoms. The Morgan fingerprint density at radius 3 is 2.49 bits per heavy atom. The van der Waals surface area contributed by atoms with Gasteiger partial charge in [0, 0.05) is 16.5 Å². The van der Waals surface area contributed by atoms with Crippen molar-refractivity contribution in [2.45, 2.75) is 85.6 Å². The number of thioether (sulfide) groups is 1. The molecule has 3 aromatic rings. The van der Waals surface area contributed by atoms with Gasteiger partial charge in [0.05, 0.1) is 28.9 Å². The standard InChI is InChI=1S/C35H37Cl2F3O8S/c1-3-10-25-28(15-14-23(21(2)41)32(25)44)47-18-9-7-5-4-6-8-11-31(26(42)16-17-34(36,37)35(38,39)40)49-22-12-13-24-27(43)20-30(33(45)46)48-29(24)19-22/h4,6,8,11-15,19-20,26,31,42,44H,3,5,7,9-10,16-18H2,1-2H3,(H,45,46)/b6-4-,11-8+/t26-,31+/m1/s1. The number of aromatic hydroxyl groups is 1. The van der Waals surface area contributed by atoms with E-state index in [9.17, 15) is 42.9 Å². The second-order valence-corrected chi connectivity index (χ2v) is 14.0. The highest BCUT2D eigenvalue weighted by molar-refractivity contribution is 8.00. The number of phenolic OH excluding ortho intramolecular Hbond substituents is 1. The Bertz CT molecular complexity index is 1740. The zero-order valence-corrected chi connectivity index (χ0v) is 29.1. The molecule has 14 heteroatoms. The highest BCUT2D eigenvalue weighted by Crippen LogP contribution is 2.44. The summed E-state index contributed by atoms with van der Waals surface area (Å²) in [7, 11) is 0. The number of unbranched alkanes of at least 4 members (excludes halogenated alkanes) is 2. The van der Waals surface area contributed by atoms with Gasteiger partial charge < -0.3 is 24.5 Å². The molecular weight excluding hydrogens is 708 g/mol. The summed E-state index contributed by atoms with van der Waals surface area (Å²) in [4.78, 5) is 35.9. The third-order valence-electron chi connectivity index (χ3n) is 7.42. The van der Waals surface area contributed by atoms with Crippen LogP contribution in [0.4, 0.5) is 13.2 Å². The van der Waals surface area contributed by atoms with Crippen LogP contribution < -0.4 is 10.2 Å². The van der Waals surface area contributed by atoms with Gasteiger partial charge in [0.25, 0.3) is 0 Å². The molecule has 266 valence electrons. The lowest BCUT2D eigenvalue weighted by molar-refractivity contribution is -0.143. The topological polar surface area (TPSA) is 134 Å². The number of Topliss-reactive ketones (excluding diaryl/α,β-unsaturated/α-hetero) is 1. The van der Waals surface area contributed by atoms with Gasteiger partial charge >= 0.3 is 12.1 Å². The molecule has 0 spiro atoms. The summed E-state index contributed by atoms with van der Waals surface area (Å²) in [5.74, 6) is -1.71. The van der Waals surface area contributed by atoms with Crippen LogP contribution in [0.3, 0.4) is 0 Å². The summed E-state index contributed by atoms with van der Waals surface area (Å²) in [5.41, 5.74) is 0.309. The fourth-order valence-corrected chi connectivity index (χ4v) is 6.09. The first-order valence-electron chi connectivity index (χ1n) is 15.5. The number of ether oxygens (including phenoxy) is 1. The van der Waals surface area contributed by atoms with E-state index >= 15 is 0 Å². The Kier molecular flexibility index (Phi) is 14.7. The summed E-state index contributed by atoms with van der Waals surface area (Å²) in [6.07, 6.45) is 2.96. The fraction of sp³-hybridized carbons (Fsp3) is 0.400. The number of halogens is 5. The van der Waals surface area contributed by atoms with Crippen molar-refractivity contribution in [2.75, 3.05) is 6.61 Å². The molecule has 3 N–H and O–H groups in total. The normalized spacial score (nSPS) is 13.7. The molecule has 0 amide bonds. The van der Waals surface area contributed by atoms with Crippen molar-refractivity contribution in [2.24, 2.45) is 0 Å². The van der Waals surface area contributed by atoms with Gasteiger partial charge in [-0.1, -0.05) is 60.9 Å². The number of aromatic carboxylic acids is 1. The summed E-state index contributed by atoms with van der Waals surface area (Å²) in [6, 6.07) is 8.53. The molecule has 0 aliphatic rings. The van der Waals surface area contributed by atoms with Gasteiger partial charge in [-0.05, 0) is 75.8 Å². The highest BCUT2D eigenvalue weighted by Gasteiger charge is 2.52. The molecule has 0 saturated carbocycles. The summed E-state index contributed by atoms with van der Waals surface area (Å²) >= 11 is 12.1. The van der Waals surface area contributed by atoms with Crippen molar-refractivity contribution >= 4 is 57.7 Å². The number of aliphatic hydroxyl groups is 1. The number of fused-ring (bicyclic) bond motifs is 1. The van der Waals surface area contributed by atoms with E-state index in [4.69, 9.17) is 32.4 Å². The van der Waals surface area contributed by atoms with Crippen LogP contribution in [0.1, 0.15) is 78.8 Å². The molecule has 0 saturated heterocycles. The summed E-state index contributed by atoms with van der Waals surface area (Å²) in [6.45, 7) is 3.75. The van der Waals surface area contributed by atoms with E-state index in [0.717, 1.165) is 30.7 Å². The van der Waals surface area contributed by atoms with Crippen molar-refractivity contribution in [3.05, 3.63) is 87.8 Å². The van der Waals surface area contributed by atoms with Crippen LogP contribution in [-0.4, -0.2) is 55.5 Å². The Balaban J connectivity index is 1.65. The second kappa shape index (κ2) is 18.0. The van der Waals surface area contributed by atoms with E-state index in [1.807, 2.05) is 13.0 Å². The van der Waals surface area contributed by atoms with Crippen LogP contribution in [0.5, 0.6) is 11.5 Å². The van der Waals surface area contributed by atoms with Crippen LogP contribution in [0.2, 0.25) is 0 Å². The molecule has 0 fully saturated rings. The zero-order valence-electron chi connectivity index (χ0n) is 26.8. The van der Waals surface area contributed by atoms with Crippen molar-refractivity contribution in [1.29, 1.82) is 0 Å². The minimum Gasteiger partial charge on any atom is -0.507 e. The number of rotatable bonds is 18. The monoisotopic (exact) mass is 744 g/mol. The Morgan fingerprint density at radius 2 is 1.84 bits per heavy atom. The molecule has 49 heavy (non-hydrogen) atoms. The number of carboxylic acid groups (broad SMARTS) is 1. The number of carbonyl (C=O) groups excluding carboxylic acids is 1. The van der Waals surface area contributed by atoms with Gasteiger partial charge in [0.1, 0.15) is 17.1 Å². The Labute approximate surface area is 295 Å². The Morgan fingerprint density at radius 1 is 1.10 bits per heavy atom. The van der Waals surface area contributed by atoms with Gasteiger partial charge in [-0.2, -0.15) is 13.2 Å². The van der Waals surface area contributed by atoms with Crippen molar-refractivity contribution in [3.63, 3.8) is 0 Å². The predicted molar refractivity (Wildman–Crippen MR) is 185 cm³/mol.